The molecular formula is C15H22ClFN2. The molecule has 2 atom stereocenters. The predicted octanol–water partition coefficient (Wildman–Crippen LogP) is 3.61. The zero-order chi connectivity index (χ0) is 13.8. The molecule has 0 spiro atoms. The van der Waals surface area contributed by atoms with Crippen LogP contribution < -0.4 is 5.32 Å². The summed E-state index contributed by atoms with van der Waals surface area (Å²) in [6.45, 7) is 7.48. The Bertz CT molecular complexity index is 419. The number of hydrogen-bond donors (Lipinski definition) is 1. The molecule has 1 saturated heterocycles. The highest BCUT2D eigenvalue weighted by atomic mass is 35.5. The van der Waals surface area contributed by atoms with Gasteiger partial charge in [0.15, 0.2) is 0 Å². The van der Waals surface area contributed by atoms with Gasteiger partial charge >= 0.3 is 0 Å². The number of nitrogens with zero attached hydrogens (tertiary/aromatic N) is 1. The summed E-state index contributed by atoms with van der Waals surface area (Å²) in [5, 5.41) is 3.66. The maximum Gasteiger partial charge on any atom is 0.141 e. The topological polar surface area (TPSA) is 15.3 Å². The summed E-state index contributed by atoms with van der Waals surface area (Å²) in [5.41, 5.74) is 1.08. The van der Waals surface area contributed by atoms with Gasteiger partial charge in [0, 0.05) is 18.6 Å². The molecule has 4 heteroatoms. The van der Waals surface area contributed by atoms with Gasteiger partial charge in [0.2, 0.25) is 0 Å². The molecule has 0 saturated carbocycles. The Morgan fingerprint density at radius 2 is 2.32 bits per heavy atom. The summed E-state index contributed by atoms with van der Waals surface area (Å²) in [5.74, 6) is -0.347. The zero-order valence-corrected chi connectivity index (χ0v) is 12.4. The molecule has 0 bridgehead atoms. The van der Waals surface area contributed by atoms with Crippen molar-refractivity contribution in [3.8, 4) is 0 Å². The fourth-order valence-electron chi connectivity index (χ4n) is 2.93. The number of rotatable bonds is 4. The van der Waals surface area contributed by atoms with Crippen molar-refractivity contribution < 1.29 is 4.39 Å². The number of hydrogen-bond acceptors (Lipinski definition) is 2. The van der Waals surface area contributed by atoms with Crippen molar-refractivity contribution in [3.63, 3.8) is 0 Å². The second-order valence-corrected chi connectivity index (χ2v) is 5.59. The highest BCUT2D eigenvalue weighted by molar-refractivity contribution is 6.30. The van der Waals surface area contributed by atoms with Gasteiger partial charge in [-0.1, -0.05) is 24.6 Å². The van der Waals surface area contributed by atoms with Crippen LogP contribution in [0.25, 0.3) is 0 Å². The van der Waals surface area contributed by atoms with E-state index in [9.17, 15) is 4.39 Å². The molecular weight excluding hydrogens is 263 g/mol. The number of benzene rings is 1. The zero-order valence-electron chi connectivity index (χ0n) is 11.6. The van der Waals surface area contributed by atoms with E-state index in [0.29, 0.717) is 6.04 Å². The van der Waals surface area contributed by atoms with Gasteiger partial charge in [-0.2, -0.15) is 0 Å². The molecule has 106 valence electrons. The molecule has 1 aliphatic heterocycles. The number of nitrogens with one attached hydrogen (secondary N) is 1. The highest BCUT2D eigenvalue weighted by Crippen LogP contribution is 2.27. The molecule has 1 aromatic rings. The fraction of sp³-hybridized carbons (Fsp3) is 0.600. The lowest BCUT2D eigenvalue weighted by Gasteiger charge is -2.38. The Balaban J connectivity index is 2.14. The van der Waals surface area contributed by atoms with E-state index in [-0.39, 0.29) is 16.9 Å². The first-order valence-electron chi connectivity index (χ1n) is 7.05. The monoisotopic (exact) mass is 284 g/mol. The average Bonchev–Trinajstić information content (AvgIpc) is 2.44. The lowest BCUT2D eigenvalue weighted by Crippen LogP contribution is -2.46. The van der Waals surface area contributed by atoms with Crippen LogP contribution in [0.2, 0.25) is 5.02 Å². The van der Waals surface area contributed by atoms with Crippen molar-refractivity contribution in [2.75, 3.05) is 19.6 Å². The second-order valence-electron chi connectivity index (χ2n) is 5.18. The number of piperidine rings is 1. The van der Waals surface area contributed by atoms with E-state index in [2.05, 4.69) is 24.1 Å². The Hall–Kier alpha value is -0.640. The molecule has 1 aliphatic rings. The van der Waals surface area contributed by atoms with Gasteiger partial charge in [0.25, 0.3) is 0 Å². The van der Waals surface area contributed by atoms with E-state index < -0.39 is 0 Å². The van der Waals surface area contributed by atoms with Crippen LogP contribution in [0.1, 0.15) is 38.3 Å². The first-order chi connectivity index (χ1) is 9.13. The molecule has 2 nitrogen and oxygen atoms in total. The molecule has 19 heavy (non-hydrogen) atoms. The van der Waals surface area contributed by atoms with Gasteiger partial charge in [-0.25, -0.2) is 4.39 Å². The third-order valence-electron chi connectivity index (χ3n) is 4.03. The Morgan fingerprint density at radius 3 is 2.89 bits per heavy atom. The van der Waals surface area contributed by atoms with E-state index >= 15 is 0 Å². The van der Waals surface area contributed by atoms with Crippen LogP contribution in [0, 0.1) is 5.82 Å². The Kier molecular flexibility index (Phi) is 5.20. The normalized spacial score (nSPS) is 21.6. The van der Waals surface area contributed by atoms with Gasteiger partial charge in [0.05, 0.1) is 5.02 Å². The van der Waals surface area contributed by atoms with Gasteiger partial charge < -0.3 is 5.32 Å². The van der Waals surface area contributed by atoms with Crippen LogP contribution in [-0.2, 0) is 0 Å². The molecule has 1 heterocycles. The van der Waals surface area contributed by atoms with Crippen molar-refractivity contribution in [1.29, 1.82) is 0 Å². The Morgan fingerprint density at radius 1 is 1.53 bits per heavy atom. The van der Waals surface area contributed by atoms with Crippen LogP contribution in [0.5, 0.6) is 0 Å². The van der Waals surface area contributed by atoms with E-state index in [1.807, 2.05) is 6.07 Å². The molecule has 0 radical (unpaired) electrons. The van der Waals surface area contributed by atoms with Crippen LogP contribution in [0.3, 0.4) is 0 Å². The van der Waals surface area contributed by atoms with Crippen LogP contribution in [0.15, 0.2) is 18.2 Å². The van der Waals surface area contributed by atoms with Gasteiger partial charge in [-0.05, 0) is 50.6 Å². The number of halogens is 2. The molecule has 1 aromatic carbocycles. The lowest BCUT2D eigenvalue weighted by atomic mass is 10.0. The molecule has 1 N–H and O–H groups in total. The minimum Gasteiger partial charge on any atom is -0.315 e. The van der Waals surface area contributed by atoms with E-state index in [4.69, 9.17) is 11.6 Å². The number of likely N-dealkylation sites (N-methyl/N-ethyl adjacent to an activating group) is 1. The van der Waals surface area contributed by atoms with Crippen molar-refractivity contribution in [2.24, 2.45) is 0 Å². The molecule has 1 fully saturated rings. The SMILES string of the molecule is CCN(C1CCCNC1)C(C)c1ccc(F)c(Cl)c1. The molecule has 0 amide bonds. The standard InChI is InChI=1S/C15H22ClFN2/c1-3-19(13-5-4-8-18-10-13)11(2)12-6-7-15(17)14(16)9-12/h6-7,9,11,13,18H,3-5,8,10H2,1-2H3. The summed E-state index contributed by atoms with van der Waals surface area (Å²) in [6, 6.07) is 5.86. The van der Waals surface area contributed by atoms with E-state index in [1.165, 1.54) is 18.9 Å². The Labute approximate surface area is 119 Å². The molecule has 2 rings (SSSR count). The van der Waals surface area contributed by atoms with Crippen LogP contribution in [-0.4, -0.2) is 30.6 Å². The highest BCUT2D eigenvalue weighted by Gasteiger charge is 2.25. The van der Waals surface area contributed by atoms with E-state index in [0.717, 1.165) is 25.2 Å². The largest absolute Gasteiger partial charge is 0.315 e. The summed E-state index contributed by atoms with van der Waals surface area (Å²) < 4.78 is 13.2. The molecule has 2 unspecified atom stereocenters. The lowest BCUT2D eigenvalue weighted by molar-refractivity contribution is 0.128. The van der Waals surface area contributed by atoms with Crippen molar-refractivity contribution in [3.05, 3.63) is 34.6 Å². The molecule has 0 aromatic heterocycles. The third kappa shape index (κ3) is 3.47. The van der Waals surface area contributed by atoms with Gasteiger partial charge in [0.1, 0.15) is 5.82 Å². The summed E-state index contributed by atoms with van der Waals surface area (Å²) >= 11 is 5.89. The minimum absolute atomic E-state index is 0.210. The van der Waals surface area contributed by atoms with Gasteiger partial charge in [-0.15, -0.1) is 0 Å². The summed E-state index contributed by atoms with van der Waals surface area (Å²) in [6.07, 6.45) is 2.44. The maximum absolute atomic E-state index is 13.2. The summed E-state index contributed by atoms with van der Waals surface area (Å²) in [4.78, 5) is 2.47. The third-order valence-corrected chi connectivity index (χ3v) is 4.32. The second kappa shape index (κ2) is 6.69. The maximum atomic E-state index is 13.2. The quantitative estimate of drug-likeness (QED) is 0.908. The van der Waals surface area contributed by atoms with Crippen LogP contribution in [0.4, 0.5) is 4.39 Å². The first-order valence-corrected chi connectivity index (χ1v) is 7.42. The minimum atomic E-state index is -0.347. The van der Waals surface area contributed by atoms with Gasteiger partial charge in [-0.3, -0.25) is 4.90 Å². The van der Waals surface area contributed by atoms with E-state index in [1.54, 1.807) is 6.07 Å². The fourth-order valence-corrected chi connectivity index (χ4v) is 3.12. The van der Waals surface area contributed by atoms with Crippen LogP contribution >= 0.6 is 11.6 Å². The smallest absolute Gasteiger partial charge is 0.141 e. The summed E-state index contributed by atoms with van der Waals surface area (Å²) in [7, 11) is 0. The van der Waals surface area contributed by atoms with Crippen molar-refractivity contribution in [1.82, 2.24) is 10.2 Å². The predicted molar refractivity (Wildman–Crippen MR) is 78.1 cm³/mol. The average molecular weight is 285 g/mol. The molecule has 0 aliphatic carbocycles. The first kappa shape index (κ1) is 14.8. The van der Waals surface area contributed by atoms with Crippen molar-refractivity contribution in [2.45, 2.75) is 38.8 Å². The van der Waals surface area contributed by atoms with Crippen molar-refractivity contribution >= 4 is 11.6 Å².